The molecule has 6 unspecified atom stereocenters. The van der Waals surface area contributed by atoms with Crippen LogP contribution in [-0.4, -0.2) is 50.0 Å². The molecule has 3 fully saturated rings. The Morgan fingerprint density at radius 2 is 1.67 bits per heavy atom. The van der Waals surface area contributed by atoms with E-state index in [1.807, 2.05) is 0 Å². The number of carbonyl (C=O) groups is 4. The van der Waals surface area contributed by atoms with Crippen molar-refractivity contribution in [3.8, 4) is 11.5 Å². The number of rotatable bonds is 6. The Morgan fingerprint density at radius 3 is 2.35 bits per heavy atom. The molecule has 4 aliphatic rings. The van der Waals surface area contributed by atoms with Gasteiger partial charge in [0.1, 0.15) is 5.82 Å². The number of hydrogen-bond acceptors (Lipinski definition) is 8. The largest absolute Gasteiger partial charge is 0.504 e. The van der Waals surface area contributed by atoms with Crippen LogP contribution in [0.1, 0.15) is 31.2 Å². The molecule has 1 N–H and O–H groups in total. The van der Waals surface area contributed by atoms with Gasteiger partial charge in [-0.2, -0.15) is 0 Å². The SMILES string of the molecule is CCOc1cccc(C2C3=CCC4C(=O)N(c5cccc([N+](=O)[O-])c5)C(=O)C4C3CC3(Cl)C(=O)N(c4ccc(F)cc4)C(=O)C23Cl)c1O. The second-order valence-corrected chi connectivity index (χ2v) is 13.4. The Balaban J connectivity index is 1.40. The van der Waals surface area contributed by atoms with Crippen molar-refractivity contribution in [2.75, 3.05) is 16.4 Å². The summed E-state index contributed by atoms with van der Waals surface area (Å²) in [4.78, 5) is 65.0. The molecule has 2 aliphatic carbocycles. The van der Waals surface area contributed by atoms with Crippen LogP contribution in [0.2, 0.25) is 0 Å². The number of nitro groups is 1. The van der Waals surface area contributed by atoms with E-state index in [4.69, 9.17) is 27.9 Å². The third-order valence-corrected chi connectivity index (χ3v) is 11.2. The standard InChI is InChI=1S/C34H26Cl2FN3O8/c1-2-48-25-8-4-7-23(28(25)41)27-21-13-14-22-26(30(43)38(29(22)42)19-5-3-6-20(15-19)40(46)47)24(21)16-33(35)31(44)39(32(45)34(27,33)36)18-11-9-17(37)10-12-18/h3-13,15,22,24,26-27,41H,2,14,16H2,1H3. The summed E-state index contributed by atoms with van der Waals surface area (Å²) in [5.41, 5.74) is 0.268. The molecule has 7 rings (SSSR count). The number of hydrogen-bond donors (Lipinski definition) is 1. The van der Waals surface area contributed by atoms with Crippen LogP contribution in [-0.2, 0) is 19.2 Å². The fraction of sp³-hybridized carbons (Fsp3) is 0.294. The molecule has 3 aromatic rings. The lowest BCUT2D eigenvalue weighted by Gasteiger charge is -2.50. The van der Waals surface area contributed by atoms with Gasteiger partial charge in [0.05, 0.1) is 34.7 Å². The summed E-state index contributed by atoms with van der Waals surface area (Å²) >= 11 is 14.7. The fourth-order valence-electron chi connectivity index (χ4n) is 7.79. The normalized spacial score (nSPS) is 29.4. The number of fused-ring (bicyclic) bond motifs is 4. The number of alkyl halides is 2. The van der Waals surface area contributed by atoms with E-state index in [1.54, 1.807) is 19.1 Å². The molecule has 14 heteroatoms. The molecule has 0 bridgehead atoms. The summed E-state index contributed by atoms with van der Waals surface area (Å²) in [6.07, 6.45) is 1.41. The Morgan fingerprint density at radius 1 is 0.958 bits per heavy atom. The highest BCUT2D eigenvalue weighted by Crippen LogP contribution is 2.67. The number of anilines is 2. The van der Waals surface area contributed by atoms with Crippen LogP contribution in [0.5, 0.6) is 11.5 Å². The molecule has 11 nitrogen and oxygen atoms in total. The Bertz CT molecular complexity index is 1970. The number of ether oxygens (including phenoxy) is 1. The molecule has 48 heavy (non-hydrogen) atoms. The zero-order valence-electron chi connectivity index (χ0n) is 25.1. The van der Waals surface area contributed by atoms with Crippen molar-refractivity contribution in [1.29, 1.82) is 0 Å². The highest BCUT2D eigenvalue weighted by atomic mass is 35.5. The first-order chi connectivity index (χ1) is 22.8. The third-order valence-electron chi connectivity index (χ3n) is 9.84. The van der Waals surface area contributed by atoms with E-state index in [0.717, 1.165) is 28.0 Å². The van der Waals surface area contributed by atoms with Gasteiger partial charge in [0.25, 0.3) is 17.5 Å². The van der Waals surface area contributed by atoms with Crippen molar-refractivity contribution < 1.29 is 38.3 Å². The van der Waals surface area contributed by atoms with Crippen LogP contribution in [0.3, 0.4) is 0 Å². The van der Waals surface area contributed by atoms with Gasteiger partial charge in [0, 0.05) is 23.6 Å². The van der Waals surface area contributed by atoms with Crippen molar-refractivity contribution in [2.24, 2.45) is 17.8 Å². The number of phenols is 1. The van der Waals surface area contributed by atoms with Crippen LogP contribution in [0, 0.1) is 33.7 Å². The van der Waals surface area contributed by atoms with E-state index < -0.39 is 67.8 Å². The van der Waals surface area contributed by atoms with Gasteiger partial charge in [-0.05, 0) is 62.1 Å². The minimum atomic E-state index is -2.25. The van der Waals surface area contributed by atoms with E-state index in [-0.39, 0.29) is 53.6 Å². The first-order valence-corrected chi connectivity index (χ1v) is 15.9. The zero-order chi connectivity index (χ0) is 34.3. The molecule has 0 spiro atoms. The van der Waals surface area contributed by atoms with Crippen LogP contribution < -0.4 is 14.5 Å². The van der Waals surface area contributed by atoms with Crippen LogP contribution in [0.4, 0.5) is 21.5 Å². The highest BCUT2D eigenvalue weighted by Gasteiger charge is 2.77. The minimum absolute atomic E-state index is 0.0192. The summed E-state index contributed by atoms with van der Waals surface area (Å²) in [6.45, 7) is 1.91. The third kappa shape index (κ3) is 4.25. The summed E-state index contributed by atoms with van der Waals surface area (Å²) < 4.78 is 19.5. The van der Waals surface area contributed by atoms with E-state index in [0.29, 0.717) is 5.57 Å². The molecule has 4 amide bonds. The first kappa shape index (κ1) is 31.8. The summed E-state index contributed by atoms with van der Waals surface area (Å²) in [6, 6.07) is 14.4. The fourth-order valence-corrected chi connectivity index (χ4v) is 8.72. The topological polar surface area (TPSA) is 147 Å². The molecular weight excluding hydrogens is 668 g/mol. The Hall–Kier alpha value is -4.81. The maximum Gasteiger partial charge on any atom is 0.271 e. The van der Waals surface area contributed by atoms with E-state index in [2.05, 4.69) is 0 Å². The van der Waals surface area contributed by atoms with Crippen LogP contribution in [0.15, 0.2) is 78.4 Å². The Kier molecular flexibility index (Phi) is 7.37. The zero-order valence-corrected chi connectivity index (χ0v) is 26.7. The number of carbonyl (C=O) groups excluding carboxylic acids is 4. The molecule has 246 valence electrons. The van der Waals surface area contributed by atoms with Gasteiger partial charge >= 0.3 is 0 Å². The smallest absolute Gasteiger partial charge is 0.271 e. The number of phenolic OH excluding ortho intramolecular Hbond substituents is 1. The number of nitro benzene ring substituents is 1. The van der Waals surface area contributed by atoms with Gasteiger partial charge in [0.2, 0.25) is 11.8 Å². The highest BCUT2D eigenvalue weighted by molar-refractivity contribution is 6.58. The number of benzene rings is 3. The maximum absolute atomic E-state index is 14.5. The van der Waals surface area contributed by atoms with Crippen molar-refractivity contribution >= 4 is 63.9 Å². The van der Waals surface area contributed by atoms with Gasteiger partial charge in [-0.1, -0.05) is 29.8 Å². The number of amides is 4. The predicted octanol–water partition coefficient (Wildman–Crippen LogP) is 5.61. The predicted molar refractivity (Wildman–Crippen MR) is 171 cm³/mol. The van der Waals surface area contributed by atoms with Crippen molar-refractivity contribution in [2.45, 2.75) is 35.4 Å². The number of allylic oxidation sites excluding steroid dienone is 2. The minimum Gasteiger partial charge on any atom is -0.504 e. The Labute approximate surface area is 282 Å². The number of aromatic hydroxyl groups is 1. The second-order valence-electron chi connectivity index (χ2n) is 12.2. The second kappa shape index (κ2) is 11.1. The quantitative estimate of drug-likeness (QED) is 0.115. The molecule has 0 radical (unpaired) electrons. The summed E-state index contributed by atoms with van der Waals surface area (Å²) in [5, 5.41) is 23.0. The number of non-ortho nitro benzene ring substituents is 1. The lowest BCUT2D eigenvalue weighted by molar-refractivity contribution is -0.384. The average molecular weight is 694 g/mol. The van der Waals surface area contributed by atoms with Crippen molar-refractivity contribution in [3.05, 3.63) is 99.9 Å². The lowest BCUT2D eigenvalue weighted by Crippen LogP contribution is -2.60. The number of para-hydroxylation sites is 1. The van der Waals surface area contributed by atoms with Gasteiger partial charge in [0.15, 0.2) is 21.2 Å². The number of nitrogens with zero attached hydrogens (tertiary/aromatic N) is 3. The van der Waals surface area contributed by atoms with Crippen LogP contribution >= 0.6 is 23.2 Å². The van der Waals surface area contributed by atoms with Gasteiger partial charge in [-0.15, -0.1) is 23.2 Å². The molecule has 2 aliphatic heterocycles. The maximum atomic E-state index is 14.5. The summed E-state index contributed by atoms with van der Waals surface area (Å²) in [5.74, 6) is -8.09. The number of imide groups is 2. The van der Waals surface area contributed by atoms with Crippen molar-refractivity contribution in [3.63, 3.8) is 0 Å². The molecule has 6 atom stereocenters. The van der Waals surface area contributed by atoms with Crippen molar-refractivity contribution in [1.82, 2.24) is 0 Å². The lowest BCUT2D eigenvalue weighted by atomic mass is 9.56. The van der Waals surface area contributed by atoms with E-state index >= 15 is 0 Å². The van der Waals surface area contributed by atoms with E-state index in [9.17, 15) is 38.8 Å². The molecule has 2 heterocycles. The summed E-state index contributed by atoms with van der Waals surface area (Å²) in [7, 11) is 0. The first-order valence-electron chi connectivity index (χ1n) is 15.1. The van der Waals surface area contributed by atoms with Gasteiger partial charge in [-0.3, -0.25) is 29.3 Å². The monoisotopic (exact) mass is 693 g/mol. The van der Waals surface area contributed by atoms with Gasteiger partial charge < -0.3 is 9.84 Å². The molecule has 1 saturated carbocycles. The molecule has 3 aromatic carbocycles. The average Bonchev–Trinajstić information content (AvgIpc) is 3.40. The van der Waals surface area contributed by atoms with E-state index in [1.165, 1.54) is 42.5 Å². The van der Waals surface area contributed by atoms with Crippen LogP contribution in [0.25, 0.3) is 0 Å². The number of halogens is 3. The molecular formula is C34H26Cl2FN3O8. The molecule has 0 aromatic heterocycles. The van der Waals surface area contributed by atoms with Gasteiger partial charge in [-0.25, -0.2) is 14.2 Å². The molecule has 2 saturated heterocycles.